The van der Waals surface area contributed by atoms with Crippen molar-refractivity contribution in [2.45, 2.75) is 13.0 Å². The molecular weight excluding hydrogens is 316 g/mol. The summed E-state index contributed by atoms with van der Waals surface area (Å²) in [4.78, 5) is 21.9. The minimum absolute atomic E-state index is 0.0366. The van der Waals surface area contributed by atoms with Gasteiger partial charge in [-0.15, -0.1) is 5.10 Å². The Bertz CT molecular complexity index is 854. The fourth-order valence-electron chi connectivity index (χ4n) is 2.48. The molecule has 2 heterocycles. The van der Waals surface area contributed by atoms with Gasteiger partial charge in [0.1, 0.15) is 11.6 Å². The van der Waals surface area contributed by atoms with Crippen LogP contribution in [0.15, 0.2) is 40.7 Å². The van der Waals surface area contributed by atoms with E-state index in [0.717, 1.165) is 22.2 Å². The Hall–Kier alpha value is -2.61. The van der Waals surface area contributed by atoms with Crippen LogP contribution in [0.1, 0.15) is 12.0 Å². The molecule has 0 bridgehead atoms. The third kappa shape index (κ3) is 3.26. The van der Waals surface area contributed by atoms with Crippen LogP contribution in [-0.2, 0) is 16.1 Å². The molecule has 1 amide bonds. The average Bonchev–Trinajstić information content (AvgIpc) is 3.10. The number of thioether (sulfide) groups is 1. The molecule has 2 aromatic rings. The first-order chi connectivity index (χ1) is 11.0. The van der Waals surface area contributed by atoms with Gasteiger partial charge < -0.3 is 15.4 Å². The van der Waals surface area contributed by atoms with Crippen LogP contribution in [0, 0.1) is 0 Å². The first-order valence-corrected chi connectivity index (χ1v) is 7.87. The van der Waals surface area contributed by atoms with Crippen LogP contribution < -0.4 is 5.73 Å². The maximum absolute atomic E-state index is 11.2. The summed E-state index contributed by atoms with van der Waals surface area (Å²) in [6.45, 7) is 0.0925. The molecule has 23 heavy (non-hydrogen) atoms. The molecule has 0 radical (unpaired) electrons. The second-order valence-electron chi connectivity index (χ2n) is 5.05. The number of nitrogens with two attached hydrogens (primary N) is 1. The number of fused-ring (bicyclic) bond motifs is 1. The van der Waals surface area contributed by atoms with Gasteiger partial charge in [0.2, 0.25) is 5.91 Å². The Morgan fingerprint density at radius 1 is 1.30 bits per heavy atom. The Balaban J connectivity index is 1.87. The molecule has 1 aromatic heterocycles. The fourth-order valence-corrected chi connectivity index (χ4v) is 3.11. The number of carboxylic acids is 1. The maximum Gasteiger partial charge on any atom is 0.313 e. The summed E-state index contributed by atoms with van der Waals surface area (Å²) in [6.07, 6.45) is 2.33. The van der Waals surface area contributed by atoms with Crippen LogP contribution in [0.4, 0.5) is 0 Å². The molecular formula is C15H14N4O3S. The van der Waals surface area contributed by atoms with Crippen LogP contribution in [-0.4, -0.2) is 38.1 Å². The smallest absolute Gasteiger partial charge is 0.313 e. The van der Waals surface area contributed by atoms with Gasteiger partial charge in [0.15, 0.2) is 0 Å². The topological polar surface area (TPSA) is 110 Å². The number of hydrogen-bond donors (Lipinski definition) is 2. The van der Waals surface area contributed by atoms with Gasteiger partial charge in [0, 0.05) is 29.1 Å². The quantitative estimate of drug-likeness (QED) is 0.864. The number of carboxylic acid groups (broad SMARTS) is 1. The summed E-state index contributed by atoms with van der Waals surface area (Å²) in [6, 6.07) is 7.67. The molecule has 0 spiro atoms. The number of primary amides is 1. The van der Waals surface area contributed by atoms with Crippen LogP contribution in [0.2, 0.25) is 0 Å². The summed E-state index contributed by atoms with van der Waals surface area (Å²) in [5.41, 5.74) is 7.84. The van der Waals surface area contributed by atoms with Crippen molar-refractivity contribution in [1.29, 1.82) is 0 Å². The molecule has 3 rings (SSSR count). The van der Waals surface area contributed by atoms with Crippen molar-refractivity contribution in [3.8, 4) is 0 Å². The lowest BCUT2D eigenvalue weighted by Crippen LogP contribution is -2.18. The van der Waals surface area contributed by atoms with E-state index in [0.29, 0.717) is 11.5 Å². The van der Waals surface area contributed by atoms with E-state index in [1.807, 2.05) is 30.5 Å². The Morgan fingerprint density at radius 3 is 2.83 bits per heavy atom. The lowest BCUT2D eigenvalue weighted by molar-refractivity contribution is -0.133. The zero-order valence-electron chi connectivity index (χ0n) is 12.1. The molecule has 0 saturated heterocycles. The predicted octanol–water partition coefficient (Wildman–Crippen LogP) is 1.45. The summed E-state index contributed by atoms with van der Waals surface area (Å²) < 4.78 is 1.79. The van der Waals surface area contributed by atoms with E-state index in [9.17, 15) is 9.59 Å². The van der Waals surface area contributed by atoms with Gasteiger partial charge in [0.25, 0.3) is 0 Å². The van der Waals surface area contributed by atoms with Crippen LogP contribution in [0.3, 0.4) is 0 Å². The highest BCUT2D eigenvalue weighted by molar-refractivity contribution is 8.14. The normalized spacial score (nSPS) is 13.9. The number of hydrogen-bond acceptors (Lipinski definition) is 5. The number of para-hydroxylation sites is 1. The number of nitrogens with zero attached hydrogens (tertiary/aromatic N) is 3. The summed E-state index contributed by atoms with van der Waals surface area (Å²) in [5, 5.41) is 18.6. The van der Waals surface area contributed by atoms with E-state index in [-0.39, 0.29) is 12.3 Å². The monoisotopic (exact) mass is 330 g/mol. The minimum Gasteiger partial charge on any atom is -0.481 e. The van der Waals surface area contributed by atoms with Crippen LogP contribution in [0.25, 0.3) is 10.9 Å². The van der Waals surface area contributed by atoms with Crippen molar-refractivity contribution in [2.24, 2.45) is 15.9 Å². The van der Waals surface area contributed by atoms with E-state index in [1.165, 1.54) is 11.8 Å². The second kappa shape index (κ2) is 6.25. The molecule has 0 saturated carbocycles. The van der Waals surface area contributed by atoms with Crippen molar-refractivity contribution in [1.82, 2.24) is 4.57 Å². The molecule has 8 heteroatoms. The Labute approximate surface area is 135 Å². The molecule has 1 aliphatic heterocycles. The lowest BCUT2D eigenvalue weighted by atomic mass is 10.1. The zero-order valence-corrected chi connectivity index (χ0v) is 12.9. The van der Waals surface area contributed by atoms with Crippen molar-refractivity contribution in [2.75, 3.05) is 5.75 Å². The second-order valence-corrected chi connectivity index (χ2v) is 6.10. The molecule has 0 aliphatic carbocycles. The molecule has 3 N–H and O–H groups in total. The largest absolute Gasteiger partial charge is 0.481 e. The molecule has 0 atom stereocenters. The number of aliphatic carboxylic acids is 1. The summed E-state index contributed by atoms with van der Waals surface area (Å²) in [5.74, 6) is -1.34. The van der Waals surface area contributed by atoms with Gasteiger partial charge in [-0.1, -0.05) is 30.0 Å². The van der Waals surface area contributed by atoms with Crippen LogP contribution >= 0.6 is 11.8 Å². The van der Waals surface area contributed by atoms with Gasteiger partial charge in [0.05, 0.1) is 11.5 Å². The van der Waals surface area contributed by atoms with E-state index < -0.39 is 11.9 Å². The van der Waals surface area contributed by atoms with Crippen molar-refractivity contribution in [3.05, 3.63) is 36.0 Å². The molecule has 1 aromatic carbocycles. The average molecular weight is 330 g/mol. The Kier molecular flexibility index (Phi) is 4.16. The van der Waals surface area contributed by atoms with Crippen LogP contribution in [0.5, 0.6) is 0 Å². The highest BCUT2D eigenvalue weighted by atomic mass is 32.2. The number of aromatic nitrogens is 1. The molecule has 0 unspecified atom stereocenters. The van der Waals surface area contributed by atoms with Crippen molar-refractivity contribution < 1.29 is 14.7 Å². The van der Waals surface area contributed by atoms with Gasteiger partial charge >= 0.3 is 5.97 Å². The minimum atomic E-state index is -0.885. The SMILES string of the molecule is NC(=O)Cn1cc(C2=NN=C(SCC(=O)O)C2)c2ccccc21. The number of carbonyl (C=O) groups is 2. The van der Waals surface area contributed by atoms with Gasteiger partial charge in [-0.2, -0.15) is 5.10 Å². The number of carbonyl (C=O) groups excluding carboxylic acids is 1. The lowest BCUT2D eigenvalue weighted by Gasteiger charge is -2.00. The maximum atomic E-state index is 11.2. The van der Waals surface area contributed by atoms with Crippen molar-refractivity contribution >= 4 is 45.3 Å². The standard InChI is InChI=1S/C15H14N4O3S/c16-13(20)7-19-6-10(9-3-1-2-4-12(9)19)11-5-14(18-17-11)23-8-15(21)22/h1-4,6H,5,7-8H2,(H2,16,20)(H,21,22). The van der Waals surface area contributed by atoms with E-state index in [4.69, 9.17) is 10.8 Å². The Morgan fingerprint density at radius 2 is 2.09 bits per heavy atom. The molecule has 118 valence electrons. The summed E-state index contributed by atoms with van der Waals surface area (Å²) >= 11 is 1.17. The molecule has 0 fully saturated rings. The van der Waals surface area contributed by atoms with Gasteiger partial charge in [-0.05, 0) is 6.07 Å². The van der Waals surface area contributed by atoms with Gasteiger partial charge in [-0.25, -0.2) is 0 Å². The molecule has 7 nitrogen and oxygen atoms in total. The zero-order chi connectivity index (χ0) is 16.4. The molecule has 1 aliphatic rings. The van der Waals surface area contributed by atoms with Crippen molar-refractivity contribution in [3.63, 3.8) is 0 Å². The highest BCUT2D eigenvalue weighted by Crippen LogP contribution is 2.26. The predicted molar refractivity (Wildman–Crippen MR) is 89.8 cm³/mol. The third-order valence-electron chi connectivity index (χ3n) is 3.39. The van der Waals surface area contributed by atoms with E-state index in [1.54, 1.807) is 4.57 Å². The third-order valence-corrected chi connectivity index (χ3v) is 4.34. The number of amides is 1. The van der Waals surface area contributed by atoms with Gasteiger partial charge in [-0.3, -0.25) is 9.59 Å². The first kappa shape index (κ1) is 15.3. The van der Waals surface area contributed by atoms with E-state index in [2.05, 4.69) is 10.2 Å². The first-order valence-electron chi connectivity index (χ1n) is 6.89. The number of rotatable bonds is 5. The fraction of sp³-hybridized carbons (Fsp3) is 0.200. The number of benzene rings is 1. The van der Waals surface area contributed by atoms with E-state index >= 15 is 0 Å². The summed E-state index contributed by atoms with van der Waals surface area (Å²) in [7, 11) is 0. The highest BCUT2D eigenvalue weighted by Gasteiger charge is 2.20.